The van der Waals surface area contributed by atoms with Gasteiger partial charge in [-0.15, -0.1) is 0 Å². The number of benzene rings is 3. The van der Waals surface area contributed by atoms with E-state index in [-0.39, 0.29) is 5.41 Å². The van der Waals surface area contributed by atoms with E-state index in [0.717, 1.165) is 0 Å². The SMILES string of the molecule is CC.CC(C)(C)c1cccc2ccccc12.Cc1ccccc1. The first-order valence-electron chi connectivity index (χ1n) is 8.48. The van der Waals surface area contributed by atoms with Crippen molar-refractivity contribution in [3.8, 4) is 0 Å². The van der Waals surface area contributed by atoms with Crippen LogP contribution in [-0.2, 0) is 5.41 Å². The summed E-state index contributed by atoms with van der Waals surface area (Å²) in [6.45, 7) is 12.9. The predicted octanol–water partition coefficient (Wildman–Crippen LogP) is 7.16. The highest BCUT2D eigenvalue weighted by Crippen LogP contribution is 2.29. The number of aryl methyl sites for hydroxylation is 1. The fourth-order valence-corrected chi connectivity index (χ4v) is 2.41. The molecule has 0 heteroatoms. The van der Waals surface area contributed by atoms with Crippen LogP contribution >= 0.6 is 0 Å². The molecule has 0 aliphatic carbocycles. The summed E-state index contributed by atoms with van der Waals surface area (Å²) in [7, 11) is 0. The van der Waals surface area contributed by atoms with Crippen LogP contribution in [0, 0.1) is 6.92 Å². The van der Waals surface area contributed by atoms with Crippen LogP contribution in [0.25, 0.3) is 10.8 Å². The molecular weight excluding hydrogens is 276 g/mol. The lowest BCUT2D eigenvalue weighted by Crippen LogP contribution is -2.11. The molecule has 122 valence electrons. The summed E-state index contributed by atoms with van der Waals surface area (Å²) in [5.41, 5.74) is 2.97. The van der Waals surface area contributed by atoms with Gasteiger partial charge in [-0.05, 0) is 28.7 Å². The molecule has 0 radical (unpaired) electrons. The highest BCUT2D eigenvalue weighted by molar-refractivity contribution is 5.86. The smallest absolute Gasteiger partial charge is 0.0126 e. The third-order valence-electron chi connectivity index (χ3n) is 3.54. The number of fused-ring (bicyclic) bond motifs is 1. The molecule has 3 rings (SSSR count). The predicted molar refractivity (Wildman–Crippen MR) is 105 cm³/mol. The van der Waals surface area contributed by atoms with Crippen LogP contribution in [0.5, 0.6) is 0 Å². The lowest BCUT2D eigenvalue weighted by atomic mass is 9.84. The van der Waals surface area contributed by atoms with Gasteiger partial charge in [0.2, 0.25) is 0 Å². The molecule has 3 aromatic carbocycles. The first-order chi connectivity index (χ1) is 11.0. The molecule has 0 amide bonds. The minimum atomic E-state index is 0.223. The van der Waals surface area contributed by atoms with E-state index < -0.39 is 0 Å². The Morgan fingerprint density at radius 1 is 0.609 bits per heavy atom. The maximum Gasteiger partial charge on any atom is -0.0126 e. The summed E-state index contributed by atoms with van der Waals surface area (Å²) < 4.78 is 0. The summed E-state index contributed by atoms with van der Waals surface area (Å²) in [5.74, 6) is 0. The van der Waals surface area contributed by atoms with E-state index in [4.69, 9.17) is 0 Å². The maximum atomic E-state index is 2.26. The molecule has 0 aliphatic rings. The van der Waals surface area contributed by atoms with Crippen molar-refractivity contribution in [3.63, 3.8) is 0 Å². The molecule has 3 aromatic rings. The van der Waals surface area contributed by atoms with Crippen molar-refractivity contribution in [1.82, 2.24) is 0 Å². The van der Waals surface area contributed by atoms with E-state index in [1.165, 1.54) is 21.9 Å². The van der Waals surface area contributed by atoms with Gasteiger partial charge in [-0.2, -0.15) is 0 Å². The number of hydrogen-bond donors (Lipinski definition) is 0. The first kappa shape index (κ1) is 19.0. The fraction of sp³-hybridized carbons (Fsp3) is 0.304. The molecule has 0 atom stereocenters. The van der Waals surface area contributed by atoms with E-state index in [1.54, 1.807) is 0 Å². The van der Waals surface area contributed by atoms with Gasteiger partial charge in [0.15, 0.2) is 0 Å². The van der Waals surface area contributed by atoms with Crippen molar-refractivity contribution < 1.29 is 0 Å². The lowest BCUT2D eigenvalue weighted by Gasteiger charge is -2.21. The van der Waals surface area contributed by atoms with Crippen molar-refractivity contribution in [2.75, 3.05) is 0 Å². The molecule has 0 fully saturated rings. The summed E-state index contributed by atoms with van der Waals surface area (Å²) in [6.07, 6.45) is 0. The zero-order valence-electron chi connectivity index (χ0n) is 15.4. The van der Waals surface area contributed by atoms with Crippen LogP contribution in [0.1, 0.15) is 45.7 Å². The van der Waals surface area contributed by atoms with Gasteiger partial charge in [0.05, 0.1) is 0 Å². The maximum absolute atomic E-state index is 2.26. The van der Waals surface area contributed by atoms with E-state index in [9.17, 15) is 0 Å². The van der Waals surface area contributed by atoms with Gasteiger partial charge in [-0.3, -0.25) is 0 Å². The van der Waals surface area contributed by atoms with Crippen LogP contribution in [-0.4, -0.2) is 0 Å². The summed E-state index contributed by atoms with van der Waals surface area (Å²) >= 11 is 0. The lowest BCUT2D eigenvalue weighted by molar-refractivity contribution is 0.596. The Morgan fingerprint density at radius 2 is 1.13 bits per heavy atom. The Balaban J connectivity index is 0.000000247. The van der Waals surface area contributed by atoms with Gasteiger partial charge in [-0.25, -0.2) is 0 Å². The average Bonchev–Trinajstić information content (AvgIpc) is 2.57. The van der Waals surface area contributed by atoms with Crippen LogP contribution in [0.2, 0.25) is 0 Å². The third-order valence-corrected chi connectivity index (χ3v) is 3.54. The largest absolute Gasteiger partial charge is 0.0683 e. The molecule has 0 unspecified atom stereocenters. The third kappa shape index (κ3) is 5.90. The standard InChI is InChI=1S/C14H16.C7H8.C2H6/c1-14(2,3)13-10-6-8-11-7-4-5-9-12(11)13;1-7-5-3-2-4-6-7;1-2/h4-10H,1-3H3;2-6H,1H3;1-2H3. The number of rotatable bonds is 0. The van der Waals surface area contributed by atoms with E-state index in [2.05, 4.69) is 82.3 Å². The molecule has 0 aromatic heterocycles. The van der Waals surface area contributed by atoms with Crippen LogP contribution in [0.3, 0.4) is 0 Å². The van der Waals surface area contributed by atoms with E-state index in [0.29, 0.717) is 0 Å². The molecule has 23 heavy (non-hydrogen) atoms. The van der Waals surface area contributed by atoms with Crippen molar-refractivity contribution in [1.29, 1.82) is 0 Å². The van der Waals surface area contributed by atoms with Crippen LogP contribution in [0.4, 0.5) is 0 Å². The molecule has 0 N–H and O–H groups in total. The summed E-state index contributed by atoms with van der Waals surface area (Å²) in [6, 6.07) is 25.4. The van der Waals surface area contributed by atoms with Crippen molar-refractivity contribution in [2.45, 2.75) is 47.0 Å². The normalized spacial score (nSPS) is 10.2. The van der Waals surface area contributed by atoms with Gasteiger partial charge < -0.3 is 0 Å². The van der Waals surface area contributed by atoms with Crippen molar-refractivity contribution >= 4 is 10.8 Å². The molecule has 0 saturated carbocycles. The first-order valence-corrected chi connectivity index (χ1v) is 8.48. The second-order valence-corrected chi connectivity index (χ2v) is 6.43. The van der Waals surface area contributed by atoms with E-state index >= 15 is 0 Å². The molecule has 0 aliphatic heterocycles. The van der Waals surface area contributed by atoms with Crippen LogP contribution < -0.4 is 0 Å². The zero-order chi connectivity index (χ0) is 17.3. The Bertz CT molecular complexity index is 683. The molecule has 0 saturated heterocycles. The highest BCUT2D eigenvalue weighted by Gasteiger charge is 2.15. The van der Waals surface area contributed by atoms with Crippen LogP contribution in [0.15, 0.2) is 72.8 Å². The quantitative estimate of drug-likeness (QED) is 0.413. The van der Waals surface area contributed by atoms with Gasteiger partial charge in [0.1, 0.15) is 0 Å². The van der Waals surface area contributed by atoms with Gasteiger partial charge in [-0.1, -0.05) is 113 Å². The summed E-state index contributed by atoms with van der Waals surface area (Å²) in [4.78, 5) is 0. The monoisotopic (exact) mass is 306 g/mol. The molecule has 0 bridgehead atoms. The minimum absolute atomic E-state index is 0.223. The van der Waals surface area contributed by atoms with Crippen molar-refractivity contribution in [2.24, 2.45) is 0 Å². The summed E-state index contributed by atoms with van der Waals surface area (Å²) in [5, 5.41) is 2.71. The fourth-order valence-electron chi connectivity index (χ4n) is 2.41. The van der Waals surface area contributed by atoms with Gasteiger partial charge in [0, 0.05) is 0 Å². The second-order valence-electron chi connectivity index (χ2n) is 6.43. The highest BCUT2D eigenvalue weighted by atomic mass is 14.2. The molecular formula is C23H30. The Kier molecular flexibility index (Phi) is 7.54. The van der Waals surface area contributed by atoms with Crippen molar-refractivity contribution in [3.05, 3.63) is 83.9 Å². The zero-order valence-corrected chi connectivity index (χ0v) is 15.4. The molecule has 0 heterocycles. The average molecular weight is 306 g/mol. The Labute approximate surface area is 142 Å². The van der Waals surface area contributed by atoms with Gasteiger partial charge in [0.25, 0.3) is 0 Å². The molecule has 0 nitrogen and oxygen atoms in total. The molecule has 0 spiro atoms. The van der Waals surface area contributed by atoms with Gasteiger partial charge >= 0.3 is 0 Å². The Morgan fingerprint density at radius 3 is 1.65 bits per heavy atom. The second kappa shape index (κ2) is 9.15. The topological polar surface area (TPSA) is 0 Å². The number of hydrogen-bond acceptors (Lipinski definition) is 0. The minimum Gasteiger partial charge on any atom is -0.0683 e. The van der Waals surface area contributed by atoms with E-state index in [1.807, 2.05) is 32.0 Å². The Hall–Kier alpha value is -2.08.